The van der Waals surface area contributed by atoms with Crippen LogP contribution in [-0.2, 0) is 75.2 Å². The van der Waals surface area contributed by atoms with Gasteiger partial charge in [-0.15, -0.1) is 0 Å². The number of nitrogens with one attached hydrogen (secondary N) is 11. The minimum Gasteiger partial charge on any atom is -0.508 e. The molecule has 34 nitrogen and oxygen atoms in total. The molecule has 24 N–H and O–H groups in total. The molecule has 0 unspecified atom stereocenters. The van der Waals surface area contributed by atoms with E-state index in [4.69, 9.17) is 28.7 Å². The molecule has 97 heavy (non-hydrogen) atoms. The number of carboxylic acids is 2. The zero-order valence-corrected chi connectivity index (χ0v) is 57.1. The van der Waals surface area contributed by atoms with Gasteiger partial charge in [-0.1, -0.05) is 53.7 Å². The topological polar surface area (TPSA) is 574 Å². The Morgan fingerprint density at radius 1 is 0.536 bits per heavy atom. The van der Waals surface area contributed by atoms with E-state index in [-0.39, 0.29) is 113 Å². The van der Waals surface area contributed by atoms with Crippen LogP contribution in [0.2, 0.25) is 0 Å². The number of carbonyl (C=O) groups excluding carboxylic acids is 11. The van der Waals surface area contributed by atoms with Crippen LogP contribution in [0.15, 0.2) is 41.8 Å². The predicted molar refractivity (Wildman–Crippen MR) is 360 cm³/mol. The van der Waals surface area contributed by atoms with Crippen molar-refractivity contribution in [3.8, 4) is 5.75 Å². The SMILES string of the molecule is CSCC[C@H](NC(=O)[C@H](CCCN=C(N)N)NC(=O)[C@@H](N)CCC(N)=O)C(=O)N[C@@H](Cc1cnc[nH]1)C(=O)N[C@@H](CC(C)C)C(=O)N[C@@H](CCCCN)C(=O)NCC(=O)N[C@@H](Cc1ccc(O)cc1)C(=O)N[C@@H](CCC(=O)O)C(=O)N[C@@H](CC(C)C)C(=O)N[C@@H](CC(C)C)C(=O)O. The van der Waals surface area contributed by atoms with Gasteiger partial charge in [0.1, 0.15) is 60.1 Å². The maximum absolute atomic E-state index is 14.5. The van der Waals surface area contributed by atoms with Crippen LogP contribution in [0.25, 0.3) is 0 Å². The first-order valence-corrected chi connectivity index (χ1v) is 33.6. The van der Waals surface area contributed by atoms with Crippen LogP contribution in [0.5, 0.6) is 5.75 Å². The average Bonchev–Trinajstić information content (AvgIpc) is 1.40. The third-order valence-corrected chi connectivity index (χ3v) is 15.4. The standard InChI is InChI=1S/C62H102N18O16S/c1-33(2)25-44(78-60(94)47(29-37-30-68-32-71-37)79-56(90)43(21-24-97-7)76-54(88)41(12-10-23-69-62(66)67)73-52(86)39(64)17-19-49(65)82)57(91)74-40(11-8-9-22-63)53(87)70-31-50(83)72-46(28-36-13-15-38(81)16-14-36)59(93)75-42(18-20-51(84)85)55(89)77-45(26-34(3)4)58(92)80-48(61(95)96)27-35(5)6/h13-16,30,32-35,39-48,81H,8-12,17-29,31,63-64H2,1-7H3,(H2,65,82)(H,68,71)(H,70,87)(H,72,83)(H,73,86)(H,74,91)(H,75,93)(H,76,88)(H,77,89)(H,78,94)(H,79,90)(H,80,92)(H,84,85)(H,95,96)(H4,66,67,69)/t39-,40-,41-,42-,43-,44-,45-,46-,47-,48-/m0/s1. The van der Waals surface area contributed by atoms with Gasteiger partial charge in [-0.2, -0.15) is 11.8 Å². The second-order valence-corrected chi connectivity index (χ2v) is 25.7. The van der Waals surface area contributed by atoms with Gasteiger partial charge in [-0.3, -0.25) is 62.5 Å². The number of carbonyl (C=O) groups is 13. The van der Waals surface area contributed by atoms with E-state index >= 15 is 0 Å². The highest BCUT2D eigenvalue weighted by molar-refractivity contribution is 7.98. The number of guanidine groups is 1. The number of nitrogens with two attached hydrogens (primary N) is 5. The Bertz CT molecular complexity index is 2930. The molecule has 542 valence electrons. The van der Waals surface area contributed by atoms with Gasteiger partial charge in [0.05, 0.1) is 18.9 Å². The summed E-state index contributed by atoms with van der Waals surface area (Å²) in [4.78, 5) is 187. The summed E-state index contributed by atoms with van der Waals surface area (Å²) in [6, 6.07) is -8.24. The number of aliphatic carboxylic acids is 2. The minimum absolute atomic E-state index is 0.000448. The molecular weight excluding hydrogens is 1280 g/mol. The van der Waals surface area contributed by atoms with Crippen LogP contribution in [0, 0.1) is 17.8 Å². The fourth-order valence-corrected chi connectivity index (χ4v) is 10.2. The molecule has 0 aliphatic heterocycles. The number of aromatic amines is 1. The van der Waals surface area contributed by atoms with Gasteiger partial charge in [0, 0.05) is 44.1 Å². The number of aromatic nitrogens is 2. The maximum Gasteiger partial charge on any atom is 0.326 e. The lowest BCUT2D eigenvalue weighted by atomic mass is 9.99. The van der Waals surface area contributed by atoms with Crippen LogP contribution in [0.4, 0.5) is 0 Å². The summed E-state index contributed by atoms with van der Waals surface area (Å²) in [6.07, 6.45) is 3.51. The number of carboxylic acid groups (broad SMARTS) is 2. The molecule has 11 amide bonds. The molecule has 1 aromatic heterocycles. The number of unbranched alkanes of at least 4 members (excludes halogenated alkanes) is 1. The smallest absolute Gasteiger partial charge is 0.326 e. The highest BCUT2D eigenvalue weighted by Crippen LogP contribution is 2.16. The molecule has 2 rings (SSSR count). The molecule has 1 aromatic carbocycles. The minimum atomic E-state index is -1.63. The number of primary amides is 1. The van der Waals surface area contributed by atoms with Crippen LogP contribution >= 0.6 is 11.8 Å². The third kappa shape index (κ3) is 34.4. The van der Waals surface area contributed by atoms with E-state index in [1.807, 2.05) is 0 Å². The Hall–Kier alpha value is -9.12. The van der Waals surface area contributed by atoms with Crippen molar-refractivity contribution in [3.05, 3.63) is 48.0 Å². The lowest BCUT2D eigenvalue weighted by molar-refractivity contribution is -0.143. The van der Waals surface area contributed by atoms with E-state index in [0.29, 0.717) is 29.9 Å². The number of phenols is 1. The molecule has 2 aromatic rings. The molecule has 10 atom stereocenters. The first-order chi connectivity index (χ1) is 45.7. The van der Waals surface area contributed by atoms with E-state index in [1.165, 1.54) is 48.6 Å². The van der Waals surface area contributed by atoms with Crippen molar-refractivity contribution in [2.45, 2.75) is 198 Å². The number of imidazole rings is 1. The molecule has 35 heteroatoms. The summed E-state index contributed by atoms with van der Waals surface area (Å²) in [5, 5.41) is 55.3. The normalized spacial score (nSPS) is 14.3. The van der Waals surface area contributed by atoms with E-state index in [9.17, 15) is 77.6 Å². The second-order valence-electron chi connectivity index (χ2n) is 24.8. The quantitative estimate of drug-likeness (QED) is 0.0178. The molecule has 1 heterocycles. The fourth-order valence-electron chi connectivity index (χ4n) is 9.73. The molecule has 0 aliphatic carbocycles. The molecule has 0 spiro atoms. The summed E-state index contributed by atoms with van der Waals surface area (Å²) in [5.41, 5.74) is 28.8. The lowest BCUT2D eigenvalue weighted by Crippen LogP contribution is -2.60. The zero-order valence-electron chi connectivity index (χ0n) is 56.2. The van der Waals surface area contributed by atoms with Gasteiger partial charge < -0.3 is 102 Å². The Morgan fingerprint density at radius 3 is 1.47 bits per heavy atom. The predicted octanol–water partition coefficient (Wildman–Crippen LogP) is -3.00. The van der Waals surface area contributed by atoms with Gasteiger partial charge in [0.25, 0.3) is 0 Å². The first kappa shape index (κ1) is 84.0. The molecule has 0 fully saturated rings. The summed E-state index contributed by atoms with van der Waals surface area (Å²) in [7, 11) is 0. The first-order valence-electron chi connectivity index (χ1n) is 32.2. The number of phenolic OH excluding ortho intramolecular Hbond substituents is 1. The van der Waals surface area contributed by atoms with Crippen molar-refractivity contribution in [1.82, 2.24) is 63.1 Å². The molecular formula is C62H102N18O16S. The number of hydrogen-bond acceptors (Lipinski definition) is 19. The molecule has 0 saturated carbocycles. The van der Waals surface area contributed by atoms with Crippen molar-refractivity contribution >= 4 is 94.6 Å². The van der Waals surface area contributed by atoms with Crippen LogP contribution in [0.1, 0.15) is 136 Å². The number of thioether (sulfide) groups is 1. The average molecular weight is 1390 g/mol. The Morgan fingerprint density at radius 2 is 0.990 bits per heavy atom. The number of rotatable bonds is 48. The van der Waals surface area contributed by atoms with Crippen LogP contribution in [-0.4, -0.2) is 200 Å². The van der Waals surface area contributed by atoms with Crippen LogP contribution < -0.4 is 81.8 Å². The molecule has 0 bridgehead atoms. The van der Waals surface area contributed by atoms with Crippen molar-refractivity contribution in [2.75, 3.05) is 31.6 Å². The summed E-state index contributed by atoms with van der Waals surface area (Å²) in [6.45, 7) is 10.0. The number of hydrogen-bond donors (Lipinski definition) is 19. The van der Waals surface area contributed by atoms with E-state index < -0.39 is 157 Å². The summed E-state index contributed by atoms with van der Waals surface area (Å²) < 4.78 is 0. The monoisotopic (exact) mass is 1390 g/mol. The maximum atomic E-state index is 14.5. The van der Waals surface area contributed by atoms with Gasteiger partial charge in [0.2, 0.25) is 65.0 Å². The number of aliphatic imine (C=N–C) groups is 1. The lowest BCUT2D eigenvalue weighted by Gasteiger charge is -2.28. The third-order valence-electron chi connectivity index (χ3n) is 14.8. The van der Waals surface area contributed by atoms with Crippen molar-refractivity contribution in [2.24, 2.45) is 51.4 Å². The second kappa shape index (κ2) is 44.6. The summed E-state index contributed by atoms with van der Waals surface area (Å²) in [5.74, 6) is -12.7. The highest BCUT2D eigenvalue weighted by Gasteiger charge is 2.36. The van der Waals surface area contributed by atoms with Gasteiger partial charge in [-0.25, -0.2) is 9.78 Å². The number of amides is 11. The van der Waals surface area contributed by atoms with Crippen molar-refractivity contribution in [1.29, 1.82) is 0 Å². The largest absolute Gasteiger partial charge is 0.508 e. The van der Waals surface area contributed by atoms with Crippen LogP contribution in [0.3, 0.4) is 0 Å². The molecule has 0 aliphatic rings. The number of benzene rings is 1. The zero-order chi connectivity index (χ0) is 72.9. The number of nitrogens with zero attached hydrogens (tertiary/aromatic N) is 2. The fraction of sp³-hybridized carbons (Fsp3) is 0.629. The molecule has 0 radical (unpaired) electrons. The van der Waals surface area contributed by atoms with E-state index in [2.05, 4.69) is 68.1 Å². The van der Waals surface area contributed by atoms with Gasteiger partial charge >= 0.3 is 11.9 Å². The van der Waals surface area contributed by atoms with Crippen molar-refractivity contribution in [3.63, 3.8) is 0 Å². The highest BCUT2D eigenvalue weighted by atomic mass is 32.2. The Balaban J connectivity index is 2.47. The summed E-state index contributed by atoms with van der Waals surface area (Å²) >= 11 is 1.35. The Labute approximate surface area is 568 Å². The number of aromatic hydroxyl groups is 1. The van der Waals surface area contributed by atoms with Gasteiger partial charge in [0.15, 0.2) is 5.96 Å². The van der Waals surface area contributed by atoms with Gasteiger partial charge in [-0.05, 0) is 125 Å². The number of H-pyrrole nitrogens is 1. The van der Waals surface area contributed by atoms with E-state index in [0.717, 1.165) is 0 Å². The van der Waals surface area contributed by atoms with E-state index in [1.54, 1.807) is 47.8 Å². The Kier molecular flexibility index (Phi) is 38.6. The molecule has 0 saturated heterocycles. The van der Waals surface area contributed by atoms with Crippen molar-refractivity contribution < 1.29 is 77.6 Å².